The summed E-state index contributed by atoms with van der Waals surface area (Å²) in [6, 6.07) is 0. The van der Waals surface area contributed by atoms with Crippen LogP contribution in [0.15, 0.2) is 11.3 Å². The second-order valence-electron chi connectivity index (χ2n) is 3.13. The minimum Gasteiger partial charge on any atom is -0.463 e. The van der Waals surface area contributed by atoms with Gasteiger partial charge in [-0.25, -0.2) is 4.79 Å². The van der Waals surface area contributed by atoms with Gasteiger partial charge in [-0.3, -0.25) is 0 Å². The third-order valence-electron chi connectivity index (χ3n) is 2.03. The van der Waals surface area contributed by atoms with Gasteiger partial charge in [0.2, 0.25) is 0 Å². The average molecular weight is 185 g/mol. The van der Waals surface area contributed by atoms with Gasteiger partial charge in [-0.2, -0.15) is 0 Å². The van der Waals surface area contributed by atoms with Crippen molar-refractivity contribution in [3.63, 3.8) is 0 Å². The molecule has 0 aromatic rings. The molecule has 0 rings (SSSR count). The summed E-state index contributed by atoms with van der Waals surface area (Å²) in [5.74, 6) is -0.110. The van der Waals surface area contributed by atoms with Crippen molar-refractivity contribution in [3.05, 3.63) is 11.3 Å². The molecule has 0 heterocycles. The molecule has 0 fully saturated rings. The zero-order valence-electron chi connectivity index (χ0n) is 8.89. The Morgan fingerprint density at radius 1 is 1.46 bits per heavy atom. The van der Waals surface area contributed by atoms with Crippen molar-refractivity contribution in [2.75, 3.05) is 6.61 Å². The van der Waals surface area contributed by atoms with E-state index in [1.54, 1.807) is 13.8 Å². The topological polar surface area (TPSA) is 52.3 Å². The summed E-state index contributed by atoms with van der Waals surface area (Å²) in [6.45, 7) is 7.91. The highest BCUT2D eigenvalue weighted by Crippen LogP contribution is 2.17. The Balaban J connectivity index is 4.64. The third-order valence-corrected chi connectivity index (χ3v) is 2.03. The highest BCUT2D eigenvalue weighted by Gasteiger charge is 2.18. The van der Waals surface area contributed by atoms with Crippen molar-refractivity contribution < 1.29 is 9.53 Å². The van der Waals surface area contributed by atoms with E-state index in [0.717, 1.165) is 6.42 Å². The summed E-state index contributed by atoms with van der Waals surface area (Å²) in [5.41, 5.74) is 6.80. The fourth-order valence-electron chi connectivity index (χ4n) is 1.16. The van der Waals surface area contributed by atoms with Gasteiger partial charge >= 0.3 is 5.97 Å². The molecule has 13 heavy (non-hydrogen) atoms. The van der Waals surface area contributed by atoms with Gasteiger partial charge < -0.3 is 10.5 Å². The number of esters is 1. The SMILES string of the molecule is CCOC(=O)C(=C(C)N)C(C)CC. The second kappa shape index (κ2) is 5.62. The van der Waals surface area contributed by atoms with E-state index in [0.29, 0.717) is 17.9 Å². The molecule has 0 aliphatic rings. The van der Waals surface area contributed by atoms with Crippen LogP contribution in [-0.4, -0.2) is 12.6 Å². The van der Waals surface area contributed by atoms with E-state index in [2.05, 4.69) is 0 Å². The van der Waals surface area contributed by atoms with Gasteiger partial charge in [0.25, 0.3) is 0 Å². The second-order valence-corrected chi connectivity index (χ2v) is 3.13. The fourth-order valence-corrected chi connectivity index (χ4v) is 1.16. The van der Waals surface area contributed by atoms with Crippen molar-refractivity contribution in [1.82, 2.24) is 0 Å². The molecular weight excluding hydrogens is 166 g/mol. The monoisotopic (exact) mass is 185 g/mol. The molecule has 0 aromatic carbocycles. The molecule has 0 aromatic heterocycles. The lowest BCUT2D eigenvalue weighted by molar-refractivity contribution is -0.139. The van der Waals surface area contributed by atoms with E-state index in [9.17, 15) is 4.79 Å². The Morgan fingerprint density at radius 2 is 2.00 bits per heavy atom. The summed E-state index contributed by atoms with van der Waals surface area (Å²) in [7, 11) is 0. The van der Waals surface area contributed by atoms with E-state index in [-0.39, 0.29) is 11.9 Å². The van der Waals surface area contributed by atoms with E-state index < -0.39 is 0 Å². The Morgan fingerprint density at radius 3 is 2.31 bits per heavy atom. The maximum absolute atomic E-state index is 11.4. The summed E-state index contributed by atoms with van der Waals surface area (Å²) in [6.07, 6.45) is 0.892. The number of carbonyl (C=O) groups excluding carboxylic acids is 1. The molecular formula is C10H19NO2. The van der Waals surface area contributed by atoms with Gasteiger partial charge in [0.1, 0.15) is 0 Å². The fraction of sp³-hybridized carbons (Fsp3) is 0.700. The molecule has 0 spiro atoms. The summed E-state index contributed by atoms with van der Waals surface area (Å²) in [4.78, 5) is 11.4. The van der Waals surface area contributed by atoms with Gasteiger partial charge in [-0.05, 0) is 26.2 Å². The Labute approximate surface area is 79.9 Å². The molecule has 0 bridgehead atoms. The zero-order valence-corrected chi connectivity index (χ0v) is 8.89. The van der Waals surface area contributed by atoms with Crippen LogP contribution in [0.1, 0.15) is 34.1 Å². The van der Waals surface area contributed by atoms with Crippen LogP contribution in [0.4, 0.5) is 0 Å². The van der Waals surface area contributed by atoms with Crippen LogP contribution < -0.4 is 5.73 Å². The normalized spacial score (nSPS) is 14.8. The largest absolute Gasteiger partial charge is 0.463 e. The van der Waals surface area contributed by atoms with Gasteiger partial charge in [-0.15, -0.1) is 0 Å². The number of carbonyl (C=O) groups is 1. The predicted molar refractivity (Wildman–Crippen MR) is 53.0 cm³/mol. The van der Waals surface area contributed by atoms with Crippen LogP contribution in [0.3, 0.4) is 0 Å². The number of allylic oxidation sites excluding steroid dienone is 1. The van der Waals surface area contributed by atoms with E-state index >= 15 is 0 Å². The number of rotatable bonds is 4. The molecule has 2 N–H and O–H groups in total. The Kier molecular flexibility index (Phi) is 5.19. The summed E-state index contributed by atoms with van der Waals surface area (Å²) < 4.78 is 4.91. The lowest BCUT2D eigenvalue weighted by atomic mass is 9.97. The Hall–Kier alpha value is -0.990. The lowest BCUT2D eigenvalue weighted by Gasteiger charge is -2.14. The van der Waals surface area contributed by atoms with E-state index in [1.165, 1.54) is 0 Å². The molecule has 76 valence electrons. The van der Waals surface area contributed by atoms with Crippen LogP contribution in [0.2, 0.25) is 0 Å². The minimum atomic E-state index is -0.281. The van der Waals surface area contributed by atoms with E-state index in [4.69, 9.17) is 10.5 Å². The molecule has 0 radical (unpaired) electrons. The molecule has 0 aliphatic carbocycles. The first-order chi connectivity index (χ1) is 6.04. The quantitative estimate of drug-likeness (QED) is 0.537. The lowest BCUT2D eigenvalue weighted by Crippen LogP contribution is -2.18. The highest BCUT2D eigenvalue weighted by molar-refractivity contribution is 5.89. The molecule has 3 nitrogen and oxygen atoms in total. The first kappa shape index (κ1) is 12.0. The van der Waals surface area contributed by atoms with Crippen LogP contribution in [0.25, 0.3) is 0 Å². The molecule has 0 aliphatic heterocycles. The molecule has 0 amide bonds. The van der Waals surface area contributed by atoms with Crippen LogP contribution >= 0.6 is 0 Å². The molecule has 1 atom stereocenters. The van der Waals surface area contributed by atoms with E-state index in [1.807, 2.05) is 13.8 Å². The highest BCUT2D eigenvalue weighted by atomic mass is 16.5. The number of hydrogen-bond donors (Lipinski definition) is 1. The van der Waals surface area contributed by atoms with Crippen LogP contribution in [0, 0.1) is 5.92 Å². The first-order valence-electron chi connectivity index (χ1n) is 4.67. The van der Waals surface area contributed by atoms with Crippen molar-refractivity contribution in [2.45, 2.75) is 34.1 Å². The van der Waals surface area contributed by atoms with Crippen molar-refractivity contribution in [1.29, 1.82) is 0 Å². The first-order valence-corrected chi connectivity index (χ1v) is 4.67. The minimum absolute atomic E-state index is 0.170. The molecule has 3 heteroatoms. The predicted octanol–water partition coefficient (Wildman–Crippen LogP) is 1.83. The van der Waals surface area contributed by atoms with Crippen molar-refractivity contribution in [2.24, 2.45) is 11.7 Å². The maximum Gasteiger partial charge on any atom is 0.336 e. The summed E-state index contributed by atoms with van der Waals surface area (Å²) in [5, 5.41) is 0. The zero-order chi connectivity index (χ0) is 10.4. The third kappa shape index (κ3) is 3.49. The van der Waals surface area contributed by atoms with Gasteiger partial charge in [0.05, 0.1) is 12.2 Å². The van der Waals surface area contributed by atoms with Crippen molar-refractivity contribution >= 4 is 5.97 Å². The van der Waals surface area contributed by atoms with Crippen molar-refractivity contribution in [3.8, 4) is 0 Å². The standard InChI is InChI=1S/C10H19NO2/c1-5-7(3)9(8(4)11)10(12)13-6-2/h7H,5-6,11H2,1-4H3. The van der Waals surface area contributed by atoms with Gasteiger partial charge in [-0.1, -0.05) is 13.8 Å². The molecule has 0 saturated heterocycles. The average Bonchev–Trinajstić information content (AvgIpc) is 2.04. The molecule has 0 saturated carbocycles. The number of ether oxygens (including phenoxy) is 1. The molecule has 1 unspecified atom stereocenters. The number of hydrogen-bond acceptors (Lipinski definition) is 3. The van der Waals surface area contributed by atoms with Crippen LogP contribution in [-0.2, 0) is 9.53 Å². The summed E-state index contributed by atoms with van der Waals surface area (Å²) >= 11 is 0. The van der Waals surface area contributed by atoms with Gasteiger partial charge in [0, 0.05) is 5.70 Å². The maximum atomic E-state index is 11.4. The number of nitrogens with two attached hydrogens (primary N) is 1. The van der Waals surface area contributed by atoms with Gasteiger partial charge in [0.15, 0.2) is 0 Å². The smallest absolute Gasteiger partial charge is 0.336 e. The Bertz CT molecular complexity index is 205. The van der Waals surface area contributed by atoms with Crippen LogP contribution in [0.5, 0.6) is 0 Å².